The van der Waals surface area contributed by atoms with Crippen LogP contribution in [-0.2, 0) is 6.54 Å². The second-order valence-corrected chi connectivity index (χ2v) is 10.2. The zero-order chi connectivity index (χ0) is 26.7. The Hall–Kier alpha value is -3.20. The molecule has 2 atom stereocenters. The number of carbonyl (C=O) groups excluding carboxylic acids is 1. The monoisotopic (exact) mass is 515 g/mol. The standard InChI is InChI=1S/C30H41N7O/c1-22(11-15-33-30(38)29-23(2)34-21-35-24(29)3)37-16-12-27(13-17-37)36-28(26-9-5-4-6-10-26)20-32-19-25-8-7-14-31-18-25/h4-10,14,18,21-22,27-28,32,36H,11-13,15-17,19-20H2,1-3H3,(H,33,38)/t22?,28-/m0/s1. The number of nitrogens with zero attached hydrogens (tertiary/aromatic N) is 4. The van der Waals surface area contributed by atoms with Gasteiger partial charge in [0.25, 0.3) is 5.91 Å². The summed E-state index contributed by atoms with van der Waals surface area (Å²) in [5.74, 6) is -0.0835. The number of aromatic nitrogens is 3. The van der Waals surface area contributed by atoms with Gasteiger partial charge in [0.05, 0.1) is 17.0 Å². The maximum Gasteiger partial charge on any atom is 0.254 e. The first-order valence-electron chi connectivity index (χ1n) is 13.7. The molecule has 202 valence electrons. The van der Waals surface area contributed by atoms with Gasteiger partial charge in [-0.05, 0) is 70.3 Å². The molecule has 0 bridgehead atoms. The number of piperidine rings is 1. The van der Waals surface area contributed by atoms with Gasteiger partial charge in [-0.1, -0.05) is 36.4 Å². The van der Waals surface area contributed by atoms with Crippen LogP contribution in [0.2, 0.25) is 0 Å². The van der Waals surface area contributed by atoms with Gasteiger partial charge in [-0.3, -0.25) is 9.78 Å². The van der Waals surface area contributed by atoms with E-state index in [-0.39, 0.29) is 11.9 Å². The molecule has 38 heavy (non-hydrogen) atoms. The van der Waals surface area contributed by atoms with E-state index >= 15 is 0 Å². The summed E-state index contributed by atoms with van der Waals surface area (Å²) in [7, 11) is 0. The molecule has 1 amide bonds. The molecule has 1 unspecified atom stereocenters. The number of aryl methyl sites for hydroxylation is 2. The fraction of sp³-hybridized carbons (Fsp3) is 0.467. The van der Waals surface area contributed by atoms with Crippen molar-refractivity contribution in [1.29, 1.82) is 0 Å². The first kappa shape index (κ1) is 27.8. The number of pyridine rings is 1. The van der Waals surface area contributed by atoms with Gasteiger partial charge in [0, 0.05) is 50.2 Å². The molecular formula is C30H41N7O. The van der Waals surface area contributed by atoms with E-state index in [9.17, 15) is 4.79 Å². The Labute approximate surface area is 226 Å². The van der Waals surface area contributed by atoms with Gasteiger partial charge in [-0.25, -0.2) is 9.97 Å². The van der Waals surface area contributed by atoms with Gasteiger partial charge >= 0.3 is 0 Å². The molecule has 8 nitrogen and oxygen atoms in total. The van der Waals surface area contributed by atoms with Crippen molar-refractivity contribution in [1.82, 2.24) is 35.8 Å². The van der Waals surface area contributed by atoms with Crippen LogP contribution in [0.15, 0.2) is 61.2 Å². The number of benzene rings is 1. The molecule has 0 radical (unpaired) electrons. The van der Waals surface area contributed by atoms with Crippen LogP contribution in [0.1, 0.15) is 65.1 Å². The van der Waals surface area contributed by atoms with E-state index in [4.69, 9.17) is 0 Å². The van der Waals surface area contributed by atoms with Crippen molar-refractivity contribution in [2.75, 3.05) is 26.2 Å². The average Bonchev–Trinajstić information content (AvgIpc) is 2.94. The van der Waals surface area contributed by atoms with E-state index in [2.05, 4.69) is 79.1 Å². The predicted octanol–water partition coefficient (Wildman–Crippen LogP) is 3.58. The van der Waals surface area contributed by atoms with Gasteiger partial charge in [-0.15, -0.1) is 0 Å². The molecule has 2 aromatic heterocycles. The number of rotatable bonds is 12. The smallest absolute Gasteiger partial charge is 0.254 e. The Morgan fingerprint density at radius 2 is 1.79 bits per heavy atom. The van der Waals surface area contributed by atoms with Crippen LogP contribution in [0.3, 0.4) is 0 Å². The summed E-state index contributed by atoms with van der Waals surface area (Å²) >= 11 is 0. The Kier molecular flexibility index (Phi) is 10.3. The van der Waals surface area contributed by atoms with Gasteiger partial charge in [-0.2, -0.15) is 0 Å². The maximum absolute atomic E-state index is 12.6. The van der Waals surface area contributed by atoms with Crippen LogP contribution in [-0.4, -0.2) is 64.0 Å². The highest BCUT2D eigenvalue weighted by Gasteiger charge is 2.25. The minimum Gasteiger partial charge on any atom is -0.352 e. The van der Waals surface area contributed by atoms with Gasteiger partial charge < -0.3 is 20.9 Å². The molecule has 1 aromatic carbocycles. The Bertz CT molecular complexity index is 1110. The molecule has 1 saturated heterocycles. The van der Waals surface area contributed by atoms with Gasteiger partial charge in [0.15, 0.2) is 0 Å². The summed E-state index contributed by atoms with van der Waals surface area (Å²) in [4.78, 5) is 27.7. The van der Waals surface area contributed by atoms with E-state index in [1.54, 1.807) is 0 Å². The molecule has 0 spiro atoms. The second-order valence-electron chi connectivity index (χ2n) is 10.2. The molecule has 1 fully saturated rings. The Morgan fingerprint density at radius 1 is 1.05 bits per heavy atom. The van der Waals surface area contributed by atoms with Crippen molar-refractivity contribution < 1.29 is 4.79 Å². The number of carbonyl (C=O) groups is 1. The quantitative estimate of drug-likeness (QED) is 0.339. The molecule has 3 heterocycles. The third kappa shape index (κ3) is 7.90. The van der Waals surface area contributed by atoms with E-state index in [0.29, 0.717) is 24.2 Å². The van der Waals surface area contributed by atoms with Crippen LogP contribution >= 0.6 is 0 Å². The van der Waals surface area contributed by atoms with Crippen molar-refractivity contribution in [2.45, 2.75) is 64.7 Å². The lowest BCUT2D eigenvalue weighted by molar-refractivity contribution is 0.0942. The summed E-state index contributed by atoms with van der Waals surface area (Å²) in [5.41, 5.74) is 4.54. The van der Waals surface area contributed by atoms with Crippen molar-refractivity contribution in [2.24, 2.45) is 0 Å². The number of hydrogen-bond donors (Lipinski definition) is 3. The van der Waals surface area contributed by atoms with E-state index < -0.39 is 0 Å². The largest absolute Gasteiger partial charge is 0.352 e. The lowest BCUT2D eigenvalue weighted by Crippen LogP contribution is -2.48. The predicted molar refractivity (Wildman–Crippen MR) is 151 cm³/mol. The third-order valence-electron chi connectivity index (χ3n) is 7.49. The van der Waals surface area contributed by atoms with Crippen molar-refractivity contribution in [3.8, 4) is 0 Å². The molecule has 0 saturated carbocycles. The summed E-state index contributed by atoms with van der Waals surface area (Å²) in [6.45, 7) is 10.4. The Morgan fingerprint density at radius 3 is 2.47 bits per heavy atom. The fourth-order valence-corrected chi connectivity index (χ4v) is 5.20. The van der Waals surface area contributed by atoms with Crippen molar-refractivity contribution in [3.05, 3.63) is 89.3 Å². The molecular weight excluding hydrogens is 474 g/mol. The number of nitrogens with one attached hydrogen (secondary N) is 3. The van der Waals surface area contributed by atoms with Crippen LogP contribution in [0, 0.1) is 13.8 Å². The summed E-state index contributed by atoms with van der Waals surface area (Å²) in [6, 6.07) is 15.9. The molecule has 3 aromatic rings. The zero-order valence-corrected chi connectivity index (χ0v) is 22.9. The molecule has 8 heteroatoms. The second kappa shape index (κ2) is 14.1. The summed E-state index contributed by atoms with van der Waals surface area (Å²) < 4.78 is 0. The molecule has 3 N–H and O–H groups in total. The molecule has 1 aliphatic heterocycles. The Balaban J connectivity index is 1.22. The van der Waals surface area contributed by atoms with E-state index in [1.165, 1.54) is 17.5 Å². The summed E-state index contributed by atoms with van der Waals surface area (Å²) in [5, 5.41) is 10.6. The average molecular weight is 516 g/mol. The normalized spacial score (nSPS) is 16.2. The highest BCUT2D eigenvalue weighted by Crippen LogP contribution is 2.20. The maximum atomic E-state index is 12.6. The zero-order valence-electron chi connectivity index (χ0n) is 22.9. The van der Waals surface area contributed by atoms with Gasteiger partial charge in [0.2, 0.25) is 0 Å². The highest BCUT2D eigenvalue weighted by atomic mass is 16.1. The summed E-state index contributed by atoms with van der Waals surface area (Å²) in [6.07, 6.45) is 8.37. The third-order valence-corrected chi connectivity index (χ3v) is 7.49. The fourth-order valence-electron chi connectivity index (χ4n) is 5.20. The van der Waals surface area contributed by atoms with E-state index in [0.717, 1.165) is 56.8 Å². The minimum atomic E-state index is -0.0835. The first-order valence-corrected chi connectivity index (χ1v) is 13.7. The number of likely N-dealkylation sites (tertiary alicyclic amines) is 1. The SMILES string of the molecule is Cc1ncnc(C)c1C(=O)NCCC(C)N1CCC(N[C@@H](CNCc2cccnc2)c2ccccc2)CC1. The first-order chi connectivity index (χ1) is 18.5. The number of hydrogen-bond acceptors (Lipinski definition) is 7. The lowest BCUT2D eigenvalue weighted by Gasteiger charge is -2.38. The van der Waals surface area contributed by atoms with Crippen LogP contribution in [0.5, 0.6) is 0 Å². The van der Waals surface area contributed by atoms with Crippen LogP contribution < -0.4 is 16.0 Å². The van der Waals surface area contributed by atoms with Crippen LogP contribution in [0.4, 0.5) is 0 Å². The molecule has 4 rings (SSSR count). The van der Waals surface area contributed by atoms with Crippen LogP contribution in [0.25, 0.3) is 0 Å². The number of amides is 1. The minimum absolute atomic E-state index is 0.0835. The lowest BCUT2D eigenvalue weighted by atomic mass is 9.99. The van der Waals surface area contributed by atoms with E-state index in [1.807, 2.05) is 32.3 Å². The van der Waals surface area contributed by atoms with Gasteiger partial charge in [0.1, 0.15) is 6.33 Å². The molecule has 1 aliphatic rings. The topological polar surface area (TPSA) is 95.1 Å². The molecule has 0 aliphatic carbocycles. The highest BCUT2D eigenvalue weighted by molar-refractivity contribution is 5.96. The van der Waals surface area contributed by atoms with Crippen molar-refractivity contribution >= 4 is 5.91 Å². The van der Waals surface area contributed by atoms with Crippen molar-refractivity contribution in [3.63, 3.8) is 0 Å².